The van der Waals surface area contributed by atoms with Gasteiger partial charge >= 0.3 is 0 Å². The number of ketones is 1. The van der Waals surface area contributed by atoms with E-state index in [1.165, 1.54) is 0 Å². The van der Waals surface area contributed by atoms with Crippen molar-refractivity contribution in [3.05, 3.63) is 34.9 Å². The van der Waals surface area contributed by atoms with E-state index in [-0.39, 0.29) is 12.2 Å². The van der Waals surface area contributed by atoms with E-state index in [2.05, 4.69) is 11.8 Å². The predicted octanol–water partition coefficient (Wildman–Crippen LogP) is 2.56. The topological polar surface area (TPSA) is 26.3 Å². The highest BCUT2D eigenvalue weighted by molar-refractivity contribution is 6.30. The summed E-state index contributed by atoms with van der Waals surface area (Å²) in [4.78, 5) is 11.5. The zero-order chi connectivity index (χ0) is 11.1. The second-order valence-electron chi connectivity index (χ2n) is 2.89. The van der Waals surface area contributed by atoms with Crippen LogP contribution in [0.5, 0.6) is 0 Å². The molecule has 0 aliphatic rings. The van der Waals surface area contributed by atoms with Gasteiger partial charge in [0.15, 0.2) is 5.78 Å². The molecule has 0 aromatic heterocycles. The van der Waals surface area contributed by atoms with Gasteiger partial charge in [0, 0.05) is 17.7 Å². The first-order valence-electron chi connectivity index (χ1n) is 4.47. The smallest absolute Gasteiger partial charge is 0.174 e. The van der Waals surface area contributed by atoms with Crippen molar-refractivity contribution in [2.45, 2.75) is 6.42 Å². The standard InChI is InChI=1S/C12H11ClO2/c1-15-9-3-2-4-12(14)10-5-7-11(13)8-6-10/h5-8H,4,9H2,1H3. The summed E-state index contributed by atoms with van der Waals surface area (Å²) in [6, 6.07) is 6.78. The first kappa shape index (κ1) is 11.8. The normalized spacial score (nSPS) is 9.20. The lowest BCUT2D eigenvalue weighted by molar-refractivity contribution is 0.0998. The van der Waals surface area contributed by atoms with Crippen LogP contribution in [0.1, 0.15) is 16.8 Å². The van der Waals surface area contributed by atoms with E-state index >= 15 is 0 Å². The molecule has 3 heteroatoms. The van der Waals surface area contributed by atoms with E-state index in [1.807, 2.05) is 0 Å². The lowest BCUT2D eigenvalue weighted by Gasteiger charge is -1.96. The highest BCUT2D eigenvalue weighted by Crippen LogP contribution is 2.10. The monoisotopic (exact) mass is 222 g/mol. The van der Waals surface area contributed by atoms with Gasteiger partial charge in [-0.1, -0.05) is 23.4 Å². The van der Waals surface area contributed by atoms with E-state index in [1.54, 1.807) is 31.4 Å². The number of halogens is 1. The summed E-state index contributed by atoms with van der Waals surface area (Å²) >= 11 is 5.71. The Bertz CT molecular complexity index is 384. The number of hydrogen-bond acceptors (Lipinski definition) is 2. The molecule has 0 saturated carbocycles. The second-order valence-corrected chi connectivity index (χ2v) is 3.33. The molecule has 1 aromatic rings. The van der Waals surface area contributed by atoms with Gasteiger partial charge in [-0.3, -0.25) is 4.79 Å². The van der Waals surface area contributed by atoms with Gasteiger partial charge < -0.3 is 4.74 Å². The number of methoxy groups -OCH3 is 1. The molecule has 0 heterocycles. The summed E-state index contributed by atoms with van der Waals surface area (Å²) in [5.41, 5.74) is 0.631. The molecule has 0 radical (unpaired) electrons. The Kier molecular flexibility index (Phi) is 4.89. The van der Waals surface area contributed by atoms with Crippen molar-refractivity contribution in [3.8, 4) is 11.8 Å². The van der Waals surface area contributed by atoms with Crippen LogP contribution in [0.4, 0.5) is 0 Å². The van der Waals surface area contributed by atoms with E-state index in [0.29, 0.717) is 17.2 Å². The Balaban J connectivity index is 2.55. The number of Topliss-reactive ketones (excluding diaryl/α,β-unsaturated/α-hetero) is 1. The van der Waals surface area contributed by atoms with Crippen LogP contribution in [0, 0.1) is 11.8 Å². The Morgan fingerprint density at radius 2 is 2.00 bits per heavy atom. The van der Waals surface area contributed by atoms with Gasteiger partial charge in [0.2, 0.25) is 0 Å². The third-order valence-electron chi connectivity index (χ3n) is 1.76. The van der Waals surface area contributed by atoms with Crippen molar-refractivity contribution in [1.82, 2.24) is 0 Å². The Morgan fingerprint density at radius 3 is 2.60 bits per heavy atom. The number of carbonyl (C=O) groups is 1. The number of carbonyl (C=O) groups excluding carboxylic acids is 1. The Morgan fingerprint density at radius 1 is 1.33 bits per heavy atom. The van der Waals surface area contributed by atoms with Crippen molar-refractivity contribution in [2.75, 3.05) is 13.7 Å². The first-order valence-corrected chi connectivity index (χ1v) is 4.85. The number of ether oxygens (including phenoxy) is 1. The summed E-state index contributed by atoms with van der Waals surface area (Å²) in [7, 11) is 1.57. The van der Waals surface area contributed by atoms with Crippen LogP contribution in [-0.2, 0) is 4.74 Å². The summed E-state index contributed by atoms with van der Waals surface area (Å²) in [6.45, 7) is 0.355. The maximum absolute atomic E-state index is 11.5. The van der Waals surface area contributed by atoms with E-state index in [0.717, 1.165) is 0 Å². The summed E-state index contributed by atoms with van der Waals surface area (Å²) in [5.74, 6) is 5.47. The molecule has 0 bridgehead atoms. The van der Waals surface area contributed by atoms with Crippen LogP contribution < -0.4 is 0 Å². The van der Waals surface area contributed by atoms with Crippen LogP contribution in [0.15, 0.2) is 24.3 Å². The zero-order valence-corrected chi connectivity index (χ0v) is 9.17. The summed E-state index contributed by atoms with van der Waals surface area (Å²) in [5, 5.41) is 0.622. The van der Waals surface area contributed by atoms with E-state index in [4.69, 9.17) is 16.3 Å². The molecule has 0 atom stereocenters. The fourth-order valence-electron chi connectivity index (χ4n) is 1.00. The average Bonchev–Trinajstić information content (AvgIpc) is 2.25. The van der Waals surface area contributed by atoms with E-state index < -0.39 is 0 Å². The number of benzene rings is 1. The lowest BCUT2D eigenvalue weighted by atomic mass is 10.1. The van der Waals surface area contributed by atoms with Crippen molar-refractivity contribution in [3.63, 3.8) is 0 Å². The number of rotatable bonds is 3. The molecule has 2 nitrogen and oxygen atoms in total. The van der Waals surface area contributed by atoms with Gasteiger partial charge in [-0.15, -0.1) is 0 Å². The highest BCUT2D eigenvalue weighted by atomic mass is 35.5. The molecule has 0 unspecified atom stereocenters. The minimum atomic E-state index is -0.00438. The van der Waals surface area contributed by atoms with Crippen molar-refractivity contribution in [1.29, 1.82) is 0 Å². The highest BCUT2D eigenvalue weighted by Gasteiger charge is 2.02. The quantitative estimate of drug-likeness (QED) is 0.581. The average molecular weight is 223 g/mol. The van der Waals surface area contributed by atoms with Crippen LogP contribution in [0.25, 0.3) is 0 Å². The van der Waals surface area contributed by atoms with Crippen LogP contribution in [0.2, 0.25) is 5.02 Å². The van der Waals surface area contributed by atoms with Gasteiger partial charge in [-0.25, -0.2) is 0 Å². The maximum Gasteiger partial charge on any atom is 0.174 e. The van der Waals surface area contributed by atoms with Crippen molar-refractivity contribution >= 4 is 17.4 Å². The minimum Gasteiger partial charge on any atom is -0.372 e. The zero-order valence-electron chi connectivity index (χ0n) is 8.42. The molecule has 0 fully saturated rings. The Hall–Kier alpha value is -1.30. The fraction of sp³-hybridized carbons (Fsp3) is 0.250. The molecular weight excluding hydrogens is 212 g/mol. The lowest BCUT2D eigenvalue weighted by Crippen LogP contribution is -1.96. The molecule has 0 spiro atoms. The third kappa shape index (κ3) is 4.16. The van der Waals surface area contributed by atoms with Crippen LogP contribution >= 0.6 is 11.6 Å². The molecule has 0 saturated heterocycles. The maximum atomic E-state index is 11.5. The van der Waals surface area contributed by atoms with Crippen molar-refractivity contribution < 1.29 is 9.53 Å². The third-order valence-corrected chi connectivity index (χ3v) is 2.01. The van der Waals surface area contributed by atoms with Gasteiger partial charge in [0.25, 0.3) is 0 Å². The molecule has 0 amide bonds. The molecule has 1 rings (SSSR count). The fourth-order valence-corrected chi connectivity index (χ4v) is 1.13. The summed E-state index contributed by atoms with van der Waals surface area (Å²) in [6.07, 6.45) is 0.213. The molecule has 0 N–H and O–H groups in total. The summed E-state index contributed by atoms with van der Waals surface area (Å²) < 4.78 is 4.74. The second kappa shape index (κ2) is 6.23. The Labute approximate surface area is 94.2 Å². The van der Waals surface area contributed by atoms with Crippen LogP contribution in [0.3, 0.4) is 0 Å². The molecular formula is C12H11ClO2. The van der Waals surface area contributed by atoms with Gasteiger partial charge in [-0.05, 0) is 24.3 Å². The SMILES string of the molecule is COCC#CCC(=O)c1ccc(Cl)cc1. The molecule has 78 valence electrons. The minimum absolute atomic E-state index is 0.00438. The molecule has 1 aromatic carbocycles. The number of hydrogen-bond donors (Lipinski definition) is 0. The van der Waals surface area contributed by atoms with Gasteiger partial charge in [0.05, 0.1) is 6.42 Å². The predicted molar refractivity (Wildman–Crippen MR) is 60.1 cm³/mol. The molecule has 15 heavy (non-hydrogen) atoms. The largest absolute Gasteiger partial charge is 0.372 e. The van der Waals surface area contributed by atoms with Gasteiger partial charge in [-0.2, -0.15) is 0 Å². The molecule has 0 aliphatic carbocycles. The van der Waals surface area contributed by atoms with E-state index in [9.17, 15) is 4.79 Å². The molecule has 0 aliphatic heterocycles. The first-order chi connectivity index (χ1) is 7.24. The van der Waals surface area contributed by atoms with Crippen molar-refractivity contribution in [2.24, 2.45) is 0 Å². The van der Waals surface area contributed by atoms with Crippen LogP contribution in [-0.4, -0.2) is 19.5 Å². The van der Waals surface area contributed by atoms with Gasteiger partial charge in [0.1, 0.15) is 6.61 Å².